The van der Waals surface area contributed by atoms with Gasteiger partial charge in [0.25, 0.3) is 5.91 Å². The van der Waals surface area contributed by atoms with Gasteiger partial charge >= 0.3 is 0 Å². The van der Waals surface area contributed by atoms with E-state index in [4.69, 9.17) is 18.0 Å². The molecule has 102 valence electrons. The molecule has 1 aliphatic heterocycles. The van der Waals surface area contributed by atoms with Gasteiger partial charge in [-0.2, -0.15) is 0 Å². The fourth-order valence-corrected chi connectivity index (χ4v) is 3.25. The largest absolute Gasteiger partial charge is 0.393 e. The molecule has 2 rings (SSSR count). The zero-order valence-corrected chi connectivity index (χ0v) is 13.3. The standard InChI is InChI=1S/C14H17BrN2OS/c1-9-6-11(8-12(15)7-9)14(18)17-4-2-10(3-5-17)13(16)19/h6-8,10H,2-5H2,1H3,(H2,16,19). The molecule has 0 aliphatic carbocycles. The summed E-state index contributed by atoms with van der Waals surface area (Å²) in [6, 6.07) is 5.79. The molecule has 1 heterocycles. The molecule has 1 aromatic rings. The van der Waals surface area contributed by atoms with Gasteiger partial charge in [0.15, 0.2) is 0 Å². The lowest BCUT2D eigenvalue weighted by Crippen LogP contribution is -2.41. The predicted molar refractivity (Wildman–Crippen MR) is 84.3 cm³/mol. The molecule has 1 amide bonds. The van der Waals surface area contributed by atoms with Crippen molar-refractivity contribution < 1.29 is 4.79 Å². The second kappa shape index (κ2) is 6.01. The van der Waals surface area contributed by atoms with E-state index in [9.17, 15) is 4.79 Å². The first-order valence-electron chi connectivity index (χ1n) is 6.33. The first kappa shape index (κ1) is 14.5. The van der Waals surface area contributed by atoms with Gasteiger partial charge in [0.1, 0.15) is 0 Å². The molecule has 0 spiro atoms. The van der Waals surface area contributed by atoms with E-state index in [1.54, 1.807) is 0 Å². The third kappa shape index (κ3) is 3.54. The Morgan fingerprint density at radius 2 is 2.00 bits per heavy atom. The second-order valence-electron chi connectivity index (χ2n) is 4.99. The number of amides is 1. The number of carbonyl (C=O) groups is 1. The Bertz CT molecular complexity index is 490. The Hall–Kier alpha value is -0.940. The molecule has 0 saturated carbocycles. The summed E-state index contributed by atoms with van der Waals surface area (Å²) in [5.74, 6) is 0.370. The van der Waals surface area contributed by atoms with Gasteiger partial charge in [0.05, 0.1) is 4.99 Å². The molecule has 1 aliphatic rings. The summed E-state index contributed by atoms with van der Waals surface area (Å²) in [5, 5.41) is 0. The molecular weight excluding hydrogens is 324 g/mol. The number of thiocarbonyl (C=S) groups is 1. The monoisotopic (exact) mass is 340 g/mol. The van der Waals surface area contributed by atoms with E-state index in [0.717, 1.165) is 41.5 Å². The molecule has 1 aromatic carbocycles. The van der Waals surface area contributed by atoms with Crippen LogP contribution in [0.3, 0.4) is 0 Å². The number of nitrogens with two attached hydrogens (primary N) is 1. The second-order valence-corrected chi connectivity index (χ2v) is 6.37. The van der Waals surface area contributed by atoms with Crippen LogP contribution in [0.25, 0.3) is 0 Å². The van der Waals surface area contributed by atoms with Crippen LogP contribution < -0.4 is 5.73 Å². The smallest absolute Gasteiger partial charge is 0.253 e. The number of aryl methyl sites for hydroxylation is 1. The maximum Gasteiger partial charge on any atom is 0.253 e. The number of benzene rings is 1. The van der Waals surface area contributed by atoms with Gasteiger partial charge in [-0.15, -0.1) is 0 Å². The maximum atomic E-state index is 12.4. The van der Waals surface area contributed by atoms with Crippen LogP contribution in [0.1, 0.15) is 28.8 Å². The van der Waals surface area contributed by atoms with Crippen molar-refractivity contribution in [3.8, 4) is 0 Å². The highest BCUT2D eigenvalue weighted by atomic mass is 79.9. The van der Waals surface area contributed by atoms with Gasteiger partial charge in [-0.1, -0.05) is 28.1 Å². The highest BCUT2D eigenvalue weighted by Gasteiger charge is 2.25. The minimum Gasteiger partial charge on any atom is -0.393 e. The van der Waals surface area contributed by atoms with Crippen LogP contribution in [-0.2, 0) is 0 Å². The molecule has 3 nitrogen and oxygen atoms in total. The Morgan fingerprint density at radius 3 is 2.53 bits per heavy atom. The van der Waals surface area contributed by atoms with Crippen LogP contribution >= 0.6 is 28.1 Å². The lowest BCUT2D eigenvalue weighted by atomic mass is 9.96. The van der Waals surface area contributed by atoms with Crippen LogP contribution in [0.2, 0.25) is 0 Å². The van der Waals surface area contributed by atoms with Gasteiger partial charge in [-0.25, -0.2) is 0 Å². The molecule has 0 radical (unpaired) electrons. The summed E-state index contributed by atoms with van der Waals surface area (Å²) in [6.07, 6.45) is 1.74. The number of likely N-dealkylation sites (tertiary alicyclic amines) is 1. The Kier molecular flexibility index (Phi) is 4.58. The van der Waals surface area contributed by atoms with Gasteiger partial charge in [-0.3, -0.25) is 4.79 Å². The topological polar surface area (TPSA) is 46.3 Å². The predicted octanol–water partition coefficient (Wildman–Crippen LogP) is 2.90. The van der Waals surface area contributed by atoms with E-state index in [1.165, 1.54) is 0 Å². The van der Waals surface area contributed by atoms with Crippen molar-refractivity contribution in [2.45, 2.75) is 19.8 Å². The lowest BCUT2D eigenvalue weighted by molar-refractivity contribution is 0.0710. The third-order valence-electron chi connectivity index (χ3n) is 3.47. The van der Waals surface area contributed by atoms with Crippen molar-refractivity contribution in [1.29, 1.82) is 0 Å². The quantitative estimate of drug-likeness (QED) is 0.842. The summed E-state index contributed by atoms with van der Waals surface area (Å²) >= 11 is 8.45. The fourth-order valence-electron chi connectivity index (χ4n) is 2.41. The molecule has 1 fully saturated rings. The van der Waals surface area contributed by atoms with E-state index in [-0.39, 0.29) is 11.8 Å². The number of carbonyl (C=O) groups excluding carboxylic acids is 1. The van der Waals surface area contributed by atoms with Crippen LogP contribution in [-0.4, -0.2) is 28.9 Å². The first-order chi connectivity index (χ1) is 8.97. The van der Waals surface area contributed by atoms with Crippen molar-refractivity contribution in [3.05, 3.63) is 33.8 Å². The number of rotatable bonds is 2. The highest BCUT2D eigenvalue weighted by molar-refractivity contribution is 9.10. The number of hydrogen-bond donors (Lipinski definition) is 1. The van der Waals surface area contributed by atoms with Crippen molar-refractivity contribution >= 4 is 39.0 Å². The molecule has 19 heavy (non-hydrogen) atoms. The summed E-state index contributed by atoms with van der Waals surface area (Å²) in [5.41, 5.74) is 7.48. The van der Waals surface area contributed by atoms with Gasteiger partial charge in [-0.05, 0) is 43.5 Å². The minimum atomic E-state index is 0.0887. The molecule has 0 unspecified atom stereocenters. The SMILES string of the molecule is Cc1cc(Br)cc(C(=O)N2CCC(C(N)=S)CC2)c1. The van der Waals surface area contributed by atoms with E-state index in [2.05, 4.69) is 15.9 Å². The fraction of sp³-hybridized carbons (Fsp3) is 0.429. The van der Waals surface area contributed by atoms with E-state index in [0.29, 0.717) is 4.99 Å². The number of piperidine rings is 1. The Labute approximate surface area is 127 Å². The third-order valence-corrected chi connectivity index (χ3v) is 4.26. The summed E-state index contributed by atoms with van der Waals surface area (Å²) in [6.45, 7) is 3.44. The van der Waals surface area contributed by atoms with Crippen molar-refractivity contribution in [1.82, 2.24) is 4.90 Å². The molecule has 0 bridgehead atoms. The average Bonchev–Trinajstić information content (AvgIpc) is 2.37. The number of hydrogen-bond acceptors (Lipinski definition) is 2. The Morgan fingerprint density at radius 1 is 1.37 bits per heavy atom. The van der Waals surface area contributed by atoms with Crippen molar-refractivity contribution in [2.24, 2.45) is 11.7 Å². The van der Waals surface area contributed by atoms with Gasteiger partial charge in [0, 0.05) is 29.0 Å². The normalized spacial score (nSPS) is 16.4. The van der Waals surface area contributed by atoms with E-state index >= 15 is 0 Å². The zero-order valence-electron chi connectivity index (χ0n) is 10.9. The molecule has 0 atom stereocenters. The number of nitrogens with zero attached hydrogens (tertiary/aromatic N) is 1. The van der Waals surface area contributed by atoms with E-state index in [1.807, 2.05) is 30.0 Å². The molecule has 1 saturated heterocycles. The van der Waals surface area contributed by atoms with Crippen LogP contribution in [0.4, 0.5) is 0 Å². The summed E-state index contributed by atoms with van der Waals surface area (Å²) in [7, 11) is 0. The summed E-state index contributed by atoms with van der Waals surface area (Å²) < 4.78 is 0.939. The van der Waals surface area contributed by atoms with Crippen molar-refractivity contribution in [3.63, 3.8) is 0 Å². The van der Waals surface area contributed by atoms with Crippen LogP contribution in [0.15, 0.2) is 22.7 Å². The van der Waals surface area contributed by atoms with Crippen LogP contribution in [0.5, 0.6) is 0 Å². The highest BCUT2D eigenvalue weighted by Crippen LogP contribution is 2.21. The van der Waals surface area contributed by atoms with E-state index < -0.39 is 0 Å². The average molecular weight is 341 g/mol. The first-order valence-corrected chi connectivity index (χ1v) is 7.53. The lowest BCUT2D eigenvalue weighted by Gasteiger charge is -2.31. The van der Waals surface area contributed by atoms with Gasteiger partial charge in [0.2, 0.25) is 0 Å². The molecule has 2 N–H and O–H groups in total. The van der Waals surface area contributed by atoms with Crippen LogP contribution in [0, 0.1) is 12.8 Å². The van der Waals surface area contributed by atoms with Gasteiger partial charge < -0.3 is 10.6 Å². The zero-order chi connectivity index (χ0) is 14.0. The number of halogens is 1. The van der Waals surface area contributed by atoms with Crippen molar-refractivity contribution in [2.75, 3.05) is 13.1 Å². The molecule has 5 heteroatoms. The minimum absolute atomic E-state index is 0.0887. The Balaban J connectivity index is 2.07. The molecule has 0 aromatic heterocycles. The maximum absolute atomic E-state index is 12.4. The summed E-state index contributed by atoms with van der Waals surface area (Å²) in [4.78, 5) is 14.9. The molecular formula is C14H17BrN2OS.